The quantitative estimate of drug-likeness (QED) is 0.145. The third kappa shape index (κ3) is 7.39. The number of hydrogen-bond donors (Lipinski definition) is 0. The Bertz CT molecular complexity index is 1920. The molecular formula is C42H39NO5. The molecule has 1 aliphatic carbocycles. The lowest BCUT2D eigenvalue weighted by molar-refractivity contribution is -0.135. The number of hydrogen-bond acceptors (Lipinski definition) is 5. The van der Waals surface area contributed by atoms with Crippen LogP contribution >= 0.6 is 0 Å². The first-order chi connectivity index (χ1) is 23.4. The molecule has 5 aromatic rings. The Balaban J connectivity index is 1.38. The van der Waals surface area contributed by atoms with Crippen LogP contribution in [-0.2, 0) is 40.1 Å². The summed E-state index contributed by atoms with van der Waals surface area (Å²) in [4.78, 5) is 41.4. The minimum atomic E-state index is -0.409. The number of ether oxygens (including phenoxy) is 2. The molecule has 0 heterocycles. The van der Waals surface area contributed by atoms with Crippen LogP contribution < -0.4 is 0 Å². The van der Waals surface area contributed by atoms with Gasteiger partial charge in [-0.1, -0.05) is 103 Å². The van der Waals surface area contributed by atoms with Crippen LogP contribution in [0.5, 0.6) is 0 Å². The third-order valence-electron chi connectivity index (χ3n) is 9.20. The second kappa shape index (κ2) is 14.9. The summed E-state index contributed by atoms with van der Waals surface area (Å²) in [5.41, 5.74) is 8.12. The van der Waals surface area contributed by atoms with Crippen molar-refractivity contribution >= 4 is 17.8 Å². The van der Waals surface area contributed by atoms with Crippen LogP contribution in [0.25, 0.3) is 11.1 Å². The summed E-state index contributed by atoms with van der Waals surface area (Å²) in [7, 11) is 2.74. The van der Waals surface area contributed by atoms with Crippen molar-refractivity contribution in [3.8, 4) is 11.1 Å². The molecule has 2 atom stereocenters. The molecule has 0 spiro atoms. The number of carbonyl (C=O) groups is 3. The van der Waals surface area contributed by atoms with Gasteiger partial charge in [-0.3, -0.25) is 4.79 Å². The number of nitrogens with zero attached hydrogens (tertiary/aromatic N) is 1. The minimum absolute atomic E-state index is 0.00121. The highest BCUT2D eigenvalue weighted by Crippen LogP contribution is 2.41. The summed E-state index contributed by atoms with van der Waals surface area (Å²) in [5, 5.41) is 0. The zero-order valence-electron chi connectivity index (χ0n) is 27.3. The Morgan fingerprint density at radius 1 is 0.646 bits per heavy atom. The topological polar surface area (TPSA) is 72.9 Å². The Morgan fingerprint density at radius 2 is 1.25 bits per heavy atom. The van der Waals surface area contributed by atoms with E-state index >= 15 is 0 Å². The van der Waals surface area contributed by atoms with Crippen molar-refractivity contribution in [2.75, 3.05) is 14.2 Å². The molecule has 0 fully saturated rings. The van der Waals surface area contributed by atoms with Crippen LogP contribution in [0.15, 0.2) is 127 Å². The Kier molecular flexibility index (Phi) is 10.1. The zero-order valence-corrected chi connectivity index (χ0v) is 27.3. The summed E-state index contributed by atoms with van der Waals surface area (Å²) < 4.78 is 9.92. The molecule has 48 heavy (non-hydrogen) atoms. The zero-order chi connectivity index (χ0) is 33.5. The lowest BCUT2D eigenvalue weighted by Gasteiger charge is -2.42. The standard InChI is InChI=1S/C42H39NO5/c1-47-41(45)36-18-9-14-31(25-36)28-43(40-35(23-29-11-4-3-5-12-29)22-21-32-15-6-7-20-38(32)40)39(44)26-30-13-8-16-33(24-30)34-17-10-19-37(27-34)42(46)48-2/h3-20,24-25,27,35,40H,21-23,26,28H2,1-2H3. The average Bonchev–Trinajstić information content (AvgIpc) is 3.14. The van der Waals surface area contributed by atoms with E-state index in [0.717, 1.165) is 41.5 Å². The van der Waals surface area contributed by atoms with Gasteiger partial charge in [-0.25, -0.2) is 9.59 Å². The molecule has 6 nitrogen and oxygen atoms in total. The minimum Gasteiger partial charge on any atom is -0.465 e. The maximum absolute atomic E-state index is 14.7. The number of amides is 1. The summed E-state index contributed by atoms with van der Waals surface area (Å²) in [5.74, 6) is -0.609. The van der Waals surface area contributed by atoms with E-state index in [2.05, 4.69) is 48.5 Å². The van der Waals surface area contributed by atoms with Gasteiger partial charge in [0.15, 0.2) is 0 Å². The predicted octanol–water partition coefficient (Wildman–Crippen LogP) is 8.04. The normalized spacial score (nSPS) is 15.2. The highest BCUT2D eigenvalue weighted by Gasteiger charge is 2.36. The van der Waals surface area contributed by atoms with E-state index in [-0.39, 0.29) is 24.3 Å². The van der Waals surface area contributed by atoms with Gasteiger partial charge in [-0.05, 0) is 88.4 Å². The fourth-order valence-corrected chi connectivity index (χ4v) is 6.89. The second-order valence-corrected chi connectivity index (χ2v) is 12.3. The Morgan fingerprint density at radius 3 is 2.00 bits per heavy atom. The van der Waals surface area contributed by atoms with E-state index in [9.17, 15) is 14.4 Å². The third-order valence-corrected chi connectivity index (χ3v) is 9.20. The van der Waals surface area contributed by atoms with Gasteiger partial charge in [0, 0.05) is 6.54 Å². The van der Waals surface area contributed by atoms with Crippen LogP contribution in [-0.4, -0.2) is 37.0 Å². The van der Waals surface area contributed by atoms with Crippen LogP contribution in [0.1, 0.15) is 61.0 Å². The molecule has 6 heteroatoms. The maximum Gasteiger partial charge on any atom is 0.337 e. The number of benzene rings is 5. The van der Waals surface area contributed by atoms with Gasteiger partial charge in [-0.2, -0.15) is 0 Å². The van der Waals surface area contributed by atoms with E-state index in [0.29, 0.717) is 17.7 Å². The van der Waals surface area contributed by atoms with Gasteiger partial charge in [0.1, 0.15) is 0 Å². The van der Waals surface area contributed by atoms with Crippen molar-refractivity contribution in [1.29, 1.82) is 0 Å². The summed E-state index contributed by atoms with van der Waals surface area (Å²) >= 11 is 0. The first-order valence-electron chi connectivity index (χ1n) is 16.3. The monoisotopic (exact) mass is 637 g/mol. The molecule has 0 aromatic heterocycles. The number of methoxy groups -OCH3 is 2. The van der Waals surface area contributed by atoms with Crippen LogP contribution in [0.3, 0.4) is 0 Å². The molecule has 0 radical (unpaired) electrons. The predicted molar refractivity (Wildman–Crippen MR) is 186 cm³/mol. The van der Waals surface area contributed by atoms with E-state index in [1.54, 1.807) is 18.2 Å². The second-order valence-electron chi connectivity index (χ2n) is 12.3. The van der Waals surface area contributed by atoms with Gasteiger partial charge >= 0.3 is 11.9 Å². The van der Waals surface area contributed by atoms with Gasteiger partial charge in [-0.15, -0.1) is 0 Å². The Labute approximate surface area is 282 Å². The number of aryl methyl sites for hydroxylation is 1. The molecule has 0 aliphatic heterocycles. The molecule has 2 unspecified atom stereocenters. The molecule has 0 N–H and O–H groups in total. The Hall–Kier alpha value is -5.49. The first-order valence-corrected chi connectivity index (χ1v) is 16.3. The van der Waals surface area contributed by atoms with Crippen LogP contribution in [0, 0.1) is 5.92 Å². The fraction of sp³-hybridized carbons (Fsp3) is 0.214. The molecule has 0 saturated carbocycles. The lowest BCUT2D eigenvalue weighted by atomic mass is 9.76. The summed E-state index contributed by atoms with van der Waals surface area (Å²) in [6, 6.07) is 41.4. The summed E-state index contributed by atoms with van der Waals surface area (Å²) in [6.07, 6.45) is 2.95. The number of carbonyl (C=O) groups excluding carboxylic acids is 3. The fourth-order valence-electron chi connectivity index (χ4n) is 6.89. The van der Waals surface area contributed by atoms with Crippen molar-refractivity contribution in [2.45, 2.75) is 38.3 Å². The maximum atomic E-state index is 14.7. The smallest absolute Gasteiger partial charge is 0.337 e. The van der Waals surface area contributed by atoms with E-state index in [1.165, 1.54) is 30.9 Å². The van der Waals surface area contributed by atoms with Crippen molar-refractivity contribution in [3.05, 3.63) is 166 Å². The molecule has 0 saturated heterocycles. The molecule has 1 amide bonds. The number of esters is 2. The highest BCUT2D eigenvalue weighted by molar-refractivity contribution is 5.91. The van der Waals surface area contributed by atoms with Gasteiger partial charge < -0.3 is 14.4 Å². The van der Waals surface area contributed by atoms with Crippen molar-refractivity contribution < 1.29 is 23.9 Å². The van der Waals surface area contributed by atoms with E-state index in [4.69, 9.17) is 9.47 Å². The van der Waals surface area contributed by atoms with Gasteiger partial charge in [0.05, 0.1) is 37.8 Å². The molecule has 6 rings (SSSR count). The lowest BCUT2D eigenvalue weighted by Crippen LogP contribution is -2.42. The van der Waals surface area contributed by atoms with Gasteiger partial charge in [0.2, 0.25) is 5.91 Å². The van der Waals surface area contributed by atoms with E-state index in [1.807, 2.05) is 65.6 Å². The van der Waals surface area contributed by atoms with Crippen molar-refractivity contribution in [1.82, 2.24) is 4.90 Å². The number of fused-ring (bicyclic) bond motifs is 1. The molecule has 0 bridgehead atoms. The SMILES string of the molecule is COC(=O)c1cccc(CN(C(=O)Cc2cccc(-c3cccc(C(=O)OC)c3)c2)C2c3ccccc3CCC2Cc2ccccc2)c1. The molecular weight excluding hydrogens is 598 g/mol. The summed E-state index contributed by atoms with van der Waals surface area (Å²) in [6.45, 7) is 0.342. The molecule has 5 aromatic carbocycles. The largest absolute Gasteiger partial charge is 0.465 e. The van der Waals surface area contributed by atoms with Crippen LogP contribution in [0.2, 0.25) is 0 Å². The van der Waals surface area contributed by atoms with Gasteiger partial charge in [0.25, 0.3) is 0 Å². The average molecular weight is 638 g/mol. The molecule has 1 aliphatic rings. The highest BCUT2D eigenvalue weighted by atomic mass is 16.5. The molecule has 242 valence electrons. The van der Waals surface area contributed by atoms with Crippen molar-refractivity contribution in [3.63, 3.8) is 0 Å². The van der Waals surface area contributed by atoms with Crippen LogP contribution in [0.4, 0.5) is 0 Å². The first kappa shape index (κ1) is 32.5. The van der Waals surface area contributed by atoms with Crippen molar-refractivity contribution in [2.24, 2.45) is 5.92 Å². The number of rotatable bonds is 10. The van der Waals surface area contributed by atoms with E-state index < -0.39 is 11.9 Å².